The van der Waals surface area contributed by atoms with Crippen LogP contribution in [0, 0.1) is 0 Å². The Balaban J connectivity index is 0. The third-order valence-electron chi connectivity index (χ3n) is 2.67. The quantitative estimate of drug-likeness (QED) is 0.354. The Labute approximate surface area is 146 Å². The molecule has 0 saturated heterocycles. The molecule has 1 atom stereocenters. The Kier molecular flexibility index (Phi) is 21.0. The normalized spacial score (nSPS) is 12.1. The molecule has 1 unspecified atom stereocenters. The van der Waals surface area contributed by atoms with Gasteiger partial charge in [-0.3, -0.25) is 0 Å². The third-order valence-corrected chi connectivity index (χ3v) is 3.31. The molecule has 0 rings (SSSR count). The first-order valence-corrected chi connectivity index (χ1v) is 7.62. The average Bonchev–Trinajstić information content (AvgIpc) is 2.20. The summed E-state index contributed by atoms with van der Waals surface area (Å²) in [5.41, 5.74) is 0. The Hall–Kier alpha value is 1.75. The van der Waals surface area contributed by atoms with Gasteiger partial charge < -0.3 is 4.55 Å². The van der Waals surface area contributed by atoms with Crippen LogP contribution in [0.4, 0.5) is 0 Å². The van der Waals surface area contributed by atoms with E-state index in [-0.39, 0.29) is 51.4 Å². The number of hydrogen-bond donors (Lipinski definition) is 1. The predicted octanol–water partition coefficient (Wildman–Crippen LogP) is 3.75. The molecule has 2 nitrogen and oxygen atoms in total. The van der Waals surface area contributed by atoms with E-state index in [1.165, 1.54) is 51.4 Å². The Morgan fingerprint density at radius 1 is 0.812 bits per heavy atom. The molecule has 16 heavy (non-hydrogen) atoms. The molecule has 4 heteroatoms. The summed E-state index contributed by atoms with van der Waals surface area (Å²) in [4.78, 5) is 0. The Bertz CT molecular complexity index is 154. The number of rotatable bonds is 11. The fourth-order valence-corrected chi connectivity index (χ4v) is 2.16. The van der Waals surface area contributed by atoms with E-state index < -0.39 is 11.1 Å². The van der Waals surface area contributed by atoms with Crippen molar-refractivity contribution in [2.75, 3.05) is 5.75 Å². The topological polar surface area (TPSA) is 37.3 Å². The van der Waals surface area contributed by atoms with Crippen LogP contribution in [0.5, 0.6) is 0 Å². The first-order chi connectivity index (χ1) is 7.27. The first-order valence-electron chi connectivity index (χ1n) is 6.35. The SMILES string of the molecule is CCCCCCCCCCCCS(=O)O.[K]. The second kappa shape index (κ2) is 16.7. The summed E-state index contributed by atoms with van der Waals surface area (Å²) in [5, 5.41) is 0. The first kappa shape index (κ1) is 20.1. The minimum atomic E-state index is -1.58. The summed E-state index contributed by atoms with van der Waals surface area (Å²) in [6.45, 7) is 2.24. The van der Waals surface area contributed by atoms with Crippen LogP contribution in [0.3, 0.4) is 0 Å². The van der Waals surface area contributed by atoms with Gasteiger partial charge in [-0.15, -0.1) is 0 Å². The Morgan fingerprint density at radius 2 is 1.19 bits per heavy atom. The molecular weight excluding hydrogens is 247 g/mol. The molecule has 0 aliphatic carbocycles. The van der Waals surface area contributed by atoms with Gasteiger partial charge in [-0.05, 0) is 6.42 Å². The third kappa shape index (κ3) is 18.1. The molecule has 1 N–H and O–H groups in total. The fourth-order valence-electron chi connectivity index (χ4n) is 1.71. The Morgan fingerprint density at radius 3 is 1.56 bits per heavy atom. The van der Waals surface area contributed by atoms with Gasteiger partial charge in [0.25, 0.3) is 0 Å². The maximum absolute atomic E-state index is 10.3. The van der Waals surface area contributed by atoms with Crippen LogP contribution in [-0.2, 0) is 11.1 Å². The summed E-state index contributed by atoms with van der Waals surface area (Å²) in [6.07, 6.45) is 12.7. The smallest absolute Gasteiger partial charge is 0.152 e. The summed E-state index contributed by atoms with van der Waals surface area (Å²) in [5.74, 6) is 0.455. The minimum Gasteiger partial charge on any atom is -0.306 e. The van der Waals surface area contributed by atoms with Gasteiger partial charge in [0.2, 0.25) is 0 Å². The van der Waals surface area contributed by atoms with Crippen molar-refractivity contribution in [3.63, 3.8) is 0 Å². The van der Waals surface area contributed by atoms with Crippen LogP contribution in [0.25, 0.3) is 0 Å². The second-order valence-corrected chi connectivity index (χ2v) is 5.26. The van der Waals surface area contributed by atoms with Crippen LogP contribution in [0.15, 0.2) is 0 Å². The van der Waals surface area contributed by atoms with E-state index in [1.54, 1.807) is 0 Å². The number of unbranched alkanes of at least 4 members (excludes halogenated alkanes) is 9. The maximum atomic E-state index is 10.3. The van der Waals surface area contributed by atoms with Gasteiger partial charge in [-0.25, -0.2) is 4.21 Å². The average molecular weight is 274 g/mol. The molecule has 1 radical (unpaired) electrons. The molecule has 0 aliphatic rings. The molecule has 0 fully saturated rings. The molecule has 93 valence electrons. The van der Waals surface area contributed by atoms with Crippen LogP contribution in [-0.4, -0.2) is 65.9 Å². The van der Waals surface area contributed by atoms with Crippen molar-refractivity contribution >= 4 is 62.5 Å². The molecular formula is C12H26KO2S. The van der Waals surface area contributed by atoms with E-state index in [9.17, 15) is 4.21 Å². The zero-order valence-corrected chi connectivity index (χ0v) is 15.0. The van der Waals surface area contributed by atoms with Crippen LogP contribution >= 0.6 is 0 Å². The van der Waals surface area contributed by atoms with E-state index in [4.69, 9.17) is 4.55 Å². The van der Waals surface area contributed by atoms with Crippen molar-refractivity contribution in [3.8, 4) is 0 Å². The fraction of sp³-hybridized carbons (Fsp3) is 1.00. The molecule has 0 aromatic carbocycles. The molecule has 0 bridgehead atoms. The van der Waals surface area contributed by atoms with Crippen molar-refractivity contribution in [3.05, 3.63) is 0 Å². The minimum absolute atomic E-state index is 0. The van der Waals surface area contributed by atoms with Crippen molar-refractivity contribution in [2.24, 2.45) is 0 Å². The van der Waals surface area contributed by atoms with Crippen molar-refractivity contribution in [2.45, 2.75) is 71.1 Å². The van der Waals surface area contributed by atoms with Gasteiger partial charge in [-0.2, -0.15) is 0 Å². The monoisotopic (exact) mass is 273 g/mol. The van der Waals surface area contributed by atoms with Crippen molar-refractivity contribution in [1.82, 2.24) is 0 Å². The van der Waals surface area contributed by atoms with Gasteiger partial charge in [0.05, 0.1) is 0 Å². The molecule has 0 amide bonds. The molecule has 0 heterocycles. The zero-order chi connectivity index (χ0) is 11.4. The summed E-state index contributed by atoms with van der Waals surface area (Å²) < 4.78 is 18.9. The van der Waals surface area contributed by atoms with Crippen LogP contribution in [0.1, 0.15) is 71.1 Å². The standard InChI is InChI=1S/C12H26O2S.K/c1-2-3-4-5-6-7-8-9-10-11-12-15(13)14;/h2-12H2,1H3,(H,13,14);. The van der Waals surface area contributed by atoms with Gasteiger partial charge in [0, 0.05) is 57.1 Å². The number of hydrogen-bond acceptors (Lipinski definition) is 1. The molecule has 0 aromatic rings. The van der Waals surface area contributed by atoms with Crippen molar-refractivity contribution in [1.29, 1.82) is 0 Å². The van der Waals surface area contributed by atoms with Crippen LogP contribution in [0.2, 0.25) is 0 Å². The van der Waals surface area contributed by atoms with Gasteiger partial charge >= 0.3 is 0 Å². The second-order valence-electron chi connectivity index (χ2n) is 4.21. The van der Waals surface area contributed by atoms with Gasteiger partial charge in [0.15, 0.2) is 11.1 Å². The van der Waals surface area contributed by atoms with E-state index >= 15 is 0 Å². The van der Waals surface area contributed by atoms with Gasteiger partial charge in [-0.1, -0.05) is 64.7 Å². The summed E-state index contributed by atoms with van der Waals surface area (Å²) in [6, 6.07) is 0. The maximum Gasteiger partial charge on any atom is 0.152 e. The van der Waals surface area contributed by atoms with Crippen molar-refractivity contribution < 1.29 is 8.76 Å². The van der Waals surface area contributed by atoms with E-state index in [1.807, 2.05) is 0 Å². The largest absolute Gasteiger partial charge is 0.306 e. The summed E-state index contributed by atoms with van der Waals surface area (Å²) in [7, 11) is 0. The van der Waals surface area contributed by atoms with Gasteiger partial charge in [0.1, 0.15) is 0 Å². The zero-order valence-electron chi connectivity index (χ0n) is 11.0. The van der Waals surface area contributed by atoms with E-state index in [2.05, 4.69) is 6.92 Å². The predicted molar refractivity (Wildman–Crippen MR) is 73.2 cm³/mol. The van der Waals surface area contributed by atoms with E-state index in [0.29, 0.717) is 5.75 Å². The molecule has 0 aliphatic heterocycles. The van der Waals surface area contributed by atoms with Crippen LogP contribution < -0.4 is 0 Å². The van der Waals surface area contributed by atoms with E-state index in [0.717, 1.165) is 12.8 Å². The molecule has 0 spiro atoms. The summed E-state index contributed by atoms with van der Waals surface area (Å²) >= 11 is -1.58. The molecule has 0 saturated carbocycles. The molecule has 0 aromatic heterocycles.